The molecule has 62 valence electrons. The second-order valence-corrected chi connectivity index (χ2v) is 4.26. The minimum atomic E-state index is 0.967. The molecule has 11 heavy (non-hydrogen) atoms. The van der Waals surface area contributed by atoms with Crippen LogP contribution in [-0.4, -0.2) is 23.8 Å². The lowest BCUT2D eigenvalue weighted by Crippen LogP contribution is -1.98. The van der Waals surface area contributed by atoms with Crippen molar-refractivity contribution < 1.29 is 0 Å². The number of alkyl halides is 2. The van der Waals surface area contributed by atoms with Gasteiger partial charge < -0.3 is 0 Å². The maximum atomic E-state index is 4.03. The van der Waals surface area contributed by atoms with E-state index in [9.17, 15) is 0 Å². The summed E-state index contributed by atoms with van der Waals surface area (Å²) in [5.41, 5.74) is 1.10. The SMILES string of the molecule is ICCc1cn(CCI)nn1. The Kier molecular flexibility index (Phi) is 4.65. The van der Waals surface area contributed by atoms with Crippen LogP contribution in [0.2, 0.25) is 0 Å². The molecule has 0 aromatic carbocycles. The van der Waals surface area contributed by atoms with Gasteiger partial charge in [-0.1, -0.05) is 50.4 Å². The predicted molar refractivity (Wildman–Crippen MR) is 61.5 cm³/mol. The lowest BCUT2D eigenvalue weighted by molar-refractivity contribution is 0.636. The fourth-order valence-electron chi connectivity index (χ4n) is 0.746. The number of aromatic nitrogens is 3. The van der Waals surface area contributed by atoms with Gasteiger partial charge in [-0.05, 0) is 0 Å². The number of rotatable bonds is 4. The minimum absolute atomic E-state index is 0.967. The number of aryl methyl sites for hydroxylation is 2. The van der Waals surface area contributed by atoms with Gasteiger partial charge in [0, 0.05) is 21.5 Å². The highest BCUT2D eigenvalue weighted by atomic mass is 127. The zero-order valence-electron chi connectivity index (χ0n) is 6.00. The Balaban J connectivity index is 2.51. The van der Waals surface area contributed by atoms with Gasteiger partial charge in [-0.25, -0.2) is 0 Å². The Morgan fingerprint density at radius 3 is 2.82 bits per heavy atom. The molecule has 1 heterocycles. The van der Waals surface area contributed by atoms with E-state index in [1.54, 1.807) is 0 Å². The molecule has 0 saturated heterocycles. The molecule has 3 nitrogen and oxygen atoms in total. The van der Waals surface area contributed by atoms with Crippen LogP contribution in [0.25, 0.3) is 0 Å². The van der Waals surface area contributed by atoms with Crippen LogP contribution in [0.3, 0.4) is 0 Å². The Morgan fingerprint density at radius 2 is 2.18 bits per heavy atom. The van der Waals surface area contributed by atoms with E-state index in [0.29, 0.717) is 0 Å². The zero-order valence-corrected chi connectivity index (χ0v) is 10.3. The van der Waals surface area contributed by atoms with Gasteiger partial charge in [0.05, 0.1) is 12.2 Å². The van der Waals surface area contributed by atoms with E-state index < -0.39 is 0 Å². The quantitative estimate of drug-likeness (QED) is 0.591. The Bertz CT molecular complexity index is 191. The molecule has 5 heteroatoms. The summed E-state index contributed by atoms with van der Waals surface area (Å²) in [6, 6.07) is 0. The molecule has 0 N–H and O–H groups in total. The summed E-state index contributed by atoms with van der Waals surface area (Å²) >= 11 is 4.67. The van der Waals surface area contributed by atoms with E-state index in [4.69, 9.17) is 0 Å². The van der Waals surface area contributed by atoms with Gasteiger partial charge in [0.25, 0.3) is 0 Å². The largest absolute Gasteiger partial charge is 0.252 e. The summed E-state index contributed by atoms with van der Waals surface area (Å²) in [5.74, 6) is 0. The number of hydrogen-bond acceptors (Lipinski definition) is 2. The maximum Gasteiger partial charge on any atom is 0.0834 e. The Labute approximate surface area is 93.2 Å². The first-order valence-electron chi connectivity index (χ1n) is 3.37. The Hall–Kier alpha value is 0.600. The third-order valence-electron chi connectivity index (χ3n) is 1.25. The van der Waals surface area contributed by atoms with Crippen molar-refractivity contribution in [2.75, 3.05) is 8.86 Å². The molecule has 1 rings (SSSR count). The van der Waals surface area contributed by atoms with Crippen LogP contribution in [0.4, 0.5) is 0 Å². The summed E-state index contributed by atoms with van der Waals surface area (Å²) in [4.78, 5) is 0. The molecule has 1 aromatic rings. The van der Waals surface area contributed by atoms with Crippen molar-refractivity contribution in [3.8, 4) is 0 Å². The average molecular weight is 377 g/mol. The fourth-order valence-corrected chi connectivity index (χ4v) is 1.79. The van der Waals surface area contributed by atoms with E-state index in [2.05, 4.69) is 55.5 Å². The van der Waals surface area contributed by atoms with Crippen molar-refractivity contribution in [1.29, 1.82) is 0 Å². The zero-order chi connectivity index (χ0) is 8.10. The third-order valence-corrected chi connectivity index (χ3v) is 2.27. The molecule has 0 unspecified atom stereocenters. The standard InChI is InChI=1S/C6H9I2N3/c7-2-1-6-5-11(4-3-8)10-9-6/h5H,1-4H2. The third kappa shape index (κ3) is 3.22. The van der Waals surface area contributed by atoms with Crippen LogP contribution in [0.15, 0.2) is 6.20 Å². The molecule has 0 aliphatic carbocycles. The van der Waals surface area contributed by atoms with Crippen molar-refractivity contribution in [3.63, 3.8) is 0 Å². The highest BCUT2D eigenvalue weighted by molar-refractivity contribution is 14.1. The van der Waals surface area contributed by atoms with Crippen molar-refractivity contribution in [1.82, 2.24) is 15.0 Å². The second-order valence-electron chi connectivity index (χ2n) is 2.10. The molecular formula is C6H9I2N3. The van der Waals surface area contributed by atoms with Crippen LogP contribution in [0.1, 0.15) is 5.69 Å². The van der Waals surface area contributed by atoms with Crippen LogP contribution >= 0.6 is 45.2 Å². The predicted octanol–water partition coefficient (Wildman–Crippen LogP) is 1.69. The first-order chi connectivity index (χ1) is 5.36. The van der Waals surface area contributed by atoms with E-state index in [-0.39, 0.29) is 0 Å². The van der Waals surface area contributed by atoms with Crippen LogP contribution in [0.5, 0.6) is 0 Å². The minimum Gasteiger partial charge on any atom is -0.252 e. The maximum absolute atomic E-state index is 4.03. The molecule has 0 bridgehead atoms. The molecule has 0 aliphatic heterocycles. The topological polar surface area (TPSA) is 30.7 Å². The average Bonchev–Trinajstić information content (AvgIpc) is 2.38. The van der Waals surface area contributed by atoms with Gasteiger partial charge in [0.15, 0.2) is 0 Å². The van der Waals surface area contributed by atoms with Crippen molar-refractivity contribution >= 4 is 45.2 Å². The molecule has 0 radical (unpaired) electrons. The van der Waals surface area contributed by atoms with Gasteiger partial charge in [0.1, 0.15) is 0 Å². The second kappa shape index (κ2) is 5.28. The van der Waals surface area contributed by atoms with Crippen LogP contribution in [0, 0.1) is 0 Å². The van der Waals surface area contributed by atoms with Gasteiger partial charge >= 0.3 is 0 Å². The summed E-state index contributed by atoms with van der Waals surface area (Å²) < 4.78 is 4.10. The fraction of sp³-hybridized carbons (Fsp3) is 0.667. The molecule has 0 spiro atoms. The van der Waals surface area contributed by atoms with E-state index in [0.717, 1.165) is 27.5 Å². The first kappa shape index (κ1) is 9.69. The van der Waals surface area contributed by atoms with Crippen molar-refractivity contribution in [3.05, 3.63) is 11.9 Å². The summed E-state index contributed by atoms with van der Waals surface area (Å²) in [7, 11) is 0. The Morgan fingerprint density at radius 1 is 1.36 bits per heavy atom. The summed E-state index contributed by atoms with van der Waals surface area (Å²) in [6.45, 7) is 0.967. The number of halogens is 2. The molecule has 0 amide bonds. The molecule has 0 fully saturated rings. The normalized spacial score (nSPS) is 10.4. The monoisotopic (exact) mass is 377 g/mol. The molecule has 0 aliphatic rings. The van der Waals surface area contributed by atoms with Gasteiger partial charge in [-0.15, -0.1) is 5.10 Å². The molecule has 0 atom stereocenters. The van der Waals surface area contributed by atoms with Gasteiger partial charge in [-0.2, -0.15) is 0 Å². The summed E-state index contributed by atoms with van der Waals surface area (Å²) in [6.07, 6.45) is 3.05. The van der Waals surface area contributed by atoms with Crippen LogP contribution in [-0.2, 0) is 13.0 Å². The first-order valence-corrected chi connectivity index (χ1v) is 6.43. The smallest absolute Gasteiger partial charge is 0.0834 e. The van der Waals surface area contributed by atoms with Crippen molar-refractivity contribution in [2.45, 2.75) is 13.0 Å². The summed E-state index contributed by atoms with van der Waals surface area (Å²) in [5, 5.41) is 8.01. The lowest BCUT2D eigenvalue weighted by atomic mass is 10.4. The van der Waals surface area contributed by atoms with Gasteiger partial charge in [0.2, 0.25) is 0 Å². The van der Waals surface area contributed by atoms with Crippen LogP contribution < -0.4 is 0 Å². The van der Waals surface area contributed by atoms with E-state index >= 15 is 0 Å². The van der Waals surface area contributed by atoms with E-state index in [1.807, 2.05) is 10.9 Å². The highest BCUT2D eigenvalue weighted by Gasteiger charge is 1.97. The number of nitrogens with zero attached hydrogens (tertiary/aromatic N) is 3. The highest BCUT2D eigenvalue weighted by Crippen LogP contribution is 1.97. The van der Waals surface area contributed by atoms with E-state index in [1.165, 1.54) is 0 Å². The van der Waals surface area contributed by atoms with Gasteiger partial charge in [-0.3, -0.25) is 4.68 Å². The molecule has 0 saturated carbocycles. The van der Waals surface area contributed by atoms with Crippen molar-refractivity contribution in [2.24, 2.45) is 0 Å². The molecule has 1 aromatic heterocycles. The number of hydrogen-bond donors (Lipinski definition) is 0. The lowest BCUT2D eigenvalue weighted by Gasteiger charge is -1.91. The molecular weight excluding hydrogens is 368 g/mol.